The lowest BCUT2D eigenvalue weighted by molar-refractivity contribution is -0.154. The standard InChI is InChI=1S/C23H34N4O4S/c1-4-24-21(30)25-18-17(8-13-32-18)19(28)26-11-6-16(7-12-26)27-10-5-9-23(15-27)14-22(2,3)31-20(23)29/h8,13,16H,4-7,9-12,14-15H2,1-3H3,(H2,24,25,30). The van der Waals surface area contributed by atoms with E-state index in [0.717, 1.165) is 45.2 Å². The van der Waals surface area contributed by atoms with E-state index < -0.39 is 0 Å². The minimum absolute atomic E-state index is 0.0345. The summed E-state index contributed by atoms with van der Waals surface area (Å²) in [7, 11) is 0. The maximum atomic E-state index is 13.1. The molecule has 0 bridgehead atoms. The maximum absolute atomic E-state index is 13.1. The van der Waals surface area contributed by atoms with Gasteiger partial charge in [-0.15, -0.1) is 11.3 Å². The number of thiophene rings is 1. The first-order valence-corrected chi connectivity index (χ1v) is 12.5. The van der Waals surface area contributed by atoms with Gasteiger partial charge in [-0.3, -0.25) is 19.8 Å². The average molecular weight is 463 g/mol. The van der Waals surface area contributed by atoms with Crippen molar-refractivity contribution in [3.05, 3.63) is 17.0 Å². The first-order chi connectivity index (χ1) is 15.2. The molecular formula is C23H34N4O4S. The number of carbonyl (C=O) groups excluding carboxylic acids is 3. The molecule has 4 heterocycles. The number of nitrogens with zero attached hydrogens (tertiary/aromatic N) is 2. The summed E-state index contributed by atoms with van der Waals surface area (Å²) in [6.07, 6.45) is 4.48. The number of rotatable bonds is 4. The van der Waals surface area contributed by atoms with E-state index in [4.69, 9.17) is 4.74 Å². The van der Waals surface area contributed by atoms with Gasteiger partial charge in [0.1, 0.15) is 10.6 Å². The fraction of sp³-hybridized carbons (Fsp3) is 0.696. The van der Waals surface area contributed by atoms with Gasteiger partial charge in [-0.2, -0.15) is 0 Å². The van der Waals surface area contributed by atoms with Crippen LogP contribution in [0.4, 0.5) is 9.80 Å². The Kier molecular flexibility index (Phi) is 6.49. The second kappa shape index (κ2) is 9.02. The van der Waals surface area contributed by atoms with Crippen LogP contribution in [-0.4, -0.2) is 72.1 Å². The zero-order valence-corrected chi connectivity index (χ0v) is 20.1. The number of nitrogens with one attached hydrogen (secondary N) is 2. The minimum Gasteiger partial charge on any atom is -0.459 e. The summed E-state index contributed by atoms with van der Waals surface area (Å²) in [5.74, 6) is -0.0721. The van der Waals surface area contributed by atoms with Crippen molar-refractivity contribution in [3.63, 3.8) is 0 Å². The Labute approximate surface area is 193 Å². The van der Waals surface area contributed by atoms with Crippen molar-refractivity contribution in [3.8, 4) is 0 Å². The fourth-order valence-corrected chi connectivity index (χ4v) is 6.33. The highest BCUT2D eigenvalue weighted by molar-refractivity contribution is 7.14. The van der Waals surface area contributed by atoms with E-state index in [1.165, 1.54) is 11.3 Å². The smallest absolute Gasteiger partial charge is 0.319 e. The number of hydrogen-bond donors (Lipinski definition) is 2. The molecule has 0 saturated carbocycles. The second-order valence-electron chi connectivity index (χ2n) is 9.85. The predicted octanol–water partition coefficient (Wildman–Crippen LogP) is 3.30. The third-order valence-electron chi connectivity index (χ3n) is 6.90. The van der Waals surface area contributed by atoms with Crippen molar-refractivity contribution in [1.82, 2.24) is 15.1 Å². The molecule has 3 saturated heterocycles. The number of urea groups is 1. The molecule has 176 valence electrons. The van der Waals surface area contributed by atoms with Gasteiger partial charge in [-0.1, -0.05) is 0 Å². The molecule has 4 rings (SSSR count). The normalized spacial score (nSPS) is 26.2. The Morgan fingerprint density at radius 2 is 2.00 bits per heavy atom. The van der Waals surface area contributed by atoms with E-state index in [1.807, 2.05) is 31.1 Å². The molecule has 0 radical (unpaired) electrons. The molecule has 9 heteroatoms. The Morgan fingerprint density at radius 1 is 1.25 bits per heavy atom. The van der Waals surface area contributed by atoms with E-state index in [-0.39, 0.29) is 28.9 Å². The Balaban J connectivity index is 1.35. The van der Waals surface area contributed by atoms with Crippen LogP contribution in [0.15, 0.2) is 11.4 Å². The number of esters is 1. The van der Waals surface area contributed by atoms with Crippen LogP contribution in [-0.2, 0) is 9.53 Å². The quantitative estimate of drug-likeness (QED) is 0.670. The van der Waals surface area contributed by atoms with E-state index in [9.17, 15) is 14.4 Å². The monoisotopic (exact) mass is 462 g/mol. The molecule has 1 aromatic rings. The maximum Gasteiger partial charge on any atom is 0.319 e. The topological polar surface area (TPSA) is 91.0 Å². The van der Waals surface area contributed by atoms with Crippen LogP contribution < -0.4 is 10.6 Å². The fourth-order valence-electron chi connectivity index (χ4n) is 5.56. The molecule has 1 unspecified atom stereocenters. The predicted molar refractivity (Wildman–Crippen MR) is 124 cm³/mol. The van der Waals surface area contributed by atoms with Gasteiger partial charge >= 0.3 is 12.0 Å². The number of carbonyl (C=O) groups is 3. The molecule has 0 aliphatic carbocycles. The van der Waals surface area contributed by atoms with Gasteiger partial charge in [0, 0.05) is 38.6 Å². The van der Waals surface area contributed by atoms with Crippen LogP contribution in [0.5, 0.6) is 0 Å². The molecule has 8 nitrogen and oxygen atoms in total. The molecule has 32 heavy (non-hydrogen) atoms. The molecule has 3 amide bonds. The lowest BCUT2D eigenvalue weighted by Crippen LogP contribution is -2.53. The Hall–Kier alpha value is -2.13. The van der Waals surface area contributed by atoms with Crippen molar-refractivity contribution >= 4 is 34.2 Å². The van der Waals surface area contributed by atoms with Crippen LogP contribution in [0.1, 0.15) is 63.2 Å². The highest BCUT2D eigenvalue weighted by Crippen LogP contribution is 2.46. The van der Waals surface area contributed by atoms with Crippen molar-refractivity contribution in [2.45, 2.75) is 64.5 Å². The summed E-state index contributed by atoms with van der Waals surface area (Å²) in [5, 5.41) is 7.89. The molecule has 3 fully saturated rings. The number of cyclic esters (lactones) is 1. The van der Waals surface area contributed by atoms with Gasteiger partial charge in [0.25, 0.3) is 5.91 Å². The van der Waals surface area contributed by atoms with Crippen molar-refractivity contribution in [1.29, 1.82) is 0 Å². The van der Waals surface area contributed by atoms with Crippen LogP contribution in [0, 0.1) is 5.41 Å². The molecule has 2 N–H and O–H groups in total. The summed E-state index contributed by atoms with van der Waals surface area (Å²) in [5.41, 5.74) is -0.200. The third kappa shape index (κ3) is 4.64. The highest BCUT2D eigenvalue weighted by Gasteiger charge is 2.54. The van der Waals surface area contributed by atoms with Gasteiger partial charge in [-0.05, 0) is 64.4 Å². The van der Waals surface area contributed by atoms with E-state index in [1.54, 1.807) is 6.07 Å². The van der Waals surface area contributed by atoms with Gasteiger partial charge in [-0.25, -0.2) is 4.79 Å². The van der Waals surface area contributed by atoms with Crippen LogP contribution in [0.25, 0.3) is 0 Å². The van der Waals surface area contributed by atoms with Crippen LogP contribution in [0.3, 0.4) is 0 Å². The van der Waals surface area contributed by atoms with Crippen molar-refractivity contribution in [2.75, 3.05) is 38.0 Å². The highest BCUT2D eigenvalue weighted by atomic mass is 32.1. The molecular weight excluding hydrogens is 428 g/mol. The van der Waals surface area contributed by atoms with Gasteiger partial charge < -0.3 is 15.0 Å². The molecule has 3 aliphatic rings. The molecule has 3 aliphatic heterocycles. The first-order valence-electron chi connectivity index (χ1n) is 11.6. The molecule has 1 atom stereocenters. The van der Waals surface area contributed by atoms with Gasteiger partial charge in [0.15, 0.2) is 0 Å². The first kappa shape index (κ1) is 23.0. The largest absolute Gasteiger partial charge is 0.459 e. The zero-order chi connectivity index (χ0) is 22.9. The second-order valence-corrected chi connectivity index (χ2v) is 10.8. The number of likely N-dealkylation sites (tertiary alicyclic amines) is 2. The molecule has 1 aromatic heterocycles. The summed E-state index contributed by atoms with van der Waals surface area (Å²) in [6.45, 7) is 9.51. The Bertz CT molecular complexity index is 877. The number of amides is 3. The number of anilines is 1. The van der Waals surface area contributed by atoms with Crippen molar-refractivity contribution < 1.29 is 19.1 Å². The molecule has 0 aromatic carbocycles. The summed E-state index contributed by atoms with van der Waals surface area (Å²) in [6, 6.07) is 1.86. The summed E-state index contributed by atoms with van der Waals surface area (Å²) in [4.78, 5) is 42.0. The lowest BCUT2D eigenvalue weighted by Gasteiger charge is -2.44. The average Bonchev–Trinajstić information content (AvgIpc) is 3.29. The van der Waals surface area contributed by atoms with E-state index in [2.05, 4.69) is 15.5 Å². The number of piperidine rings is 2. The SMILES string of the molecule is CCNC(=O)Nc1sccc1C(=O)N1CCC(N2CCCC3(C2)CC(C)(C)OC3=O)CC1. The summed E-state index contributed by atoms with van der Waals surface area (Å²) < 4.78 is 5.67. The summed E-state index contributed by atoms with van der Waals surface area (Å²) >= 11 is 1.36. The minimum atomic E-state index is -0.379. The third-order valence-corrected chi connectivity index (χ3v) is 7.73. The number of ether oxygens (including phenoxy) is 1. The van der Waals surface area contributed by atoms with Crippen LogP contribution in [0.2, 0.25) is 0 Å². The van der Waals surface area contributed by atoms with E-state index >= 15 is 0 Å². The molecule has 1 spiro atoms. The van der Waals surface area contributed by atoms with E-state index in [0.29, 0.717) is 36.2 Å². The Morgan fingerprint density at radius 3 is 2.66 bits per heavy atom. The van der Waals surface area contributed by atoms with Crippen LogP contribution >= 0.6 is 11.3 Å². The van der Waals surface area contributed by atoms with Crippen molar-refractivity contribution in [2.24, 2.45) is 5.41 Å². The lowest BCUT2D eigenvalue weighted by atomic mass is 9.74. The van der Waals surface area contributed by atoms with Gasteiger partial charge in [0.05, 0.1) is 11.0 Å². The van der Waals surface area contributed by atoms with Gasteiger partial charge in [0.2, 0.25) is 0 Å². The number of hydrogen-bond acceptors (Lipinski definition) is 6. The zero-order valence-electron chi connectivity index (χ0n) is 19.2.